The smallest absolute Gasteiger partial charge is 0.0571 e. The lowest BCUT2D eigenvalue weighted by Crippen LogP contribution is -2.13. The normalized spacial score (nSPS) is 13.2. The molecule has 0 amide bonds. The Morgan fingerprint density at radius 1 is 1.29 bits per heavy atom. The highest BCUT2D eigenvalue weighted by atomic mass is 32.2. The zero-order chi connectivity index (χ0) is 10.6. The van der Waals surface area contributed by atoms with E-state index in [1.54, 1.807) is 0 Å². The molecule has 1 N–H and O–H groups in total. The Bertz CT molecular complexity index is 269. The summed E-state index contributed by atoms with van der Waals surface area (Å²) in [5, 5.41) is 3.79. The van der Waals surface area contributed by atoms with Crippen LogP contribution in [-0.2, 0) is 0 Å². The fourth-order valence-electron chi connectivity index (χ4n) is 1.14. The van der Waals surface area contributed by atoms with Crippen molar-refractivity contribution in [3.63, 3.8) is 0 Å². The number of hydrogen-bond donors (Lipinski definition) is 1. The lowest BCUT2D eigenvalue weighted by Gasteiger charge is -2.10. The Hall–Kier alpha value is -0.540. The van der Waals surface area contributed by atoms with E-state index >= 15 is 0 Å². The maximum Gasteiger partial charge on any atom is 0.0571 e. The van der Waals surface area contributed by atoms with Crippen molar-refractivity contribution in [2.75, 3.05) is 7.05 Å². The molecule has 0 aromatic carbocycles. The predicted molar refractivity (Wildman–Crippen MR) is 62.7 cm³/mol. The van der Waals surface area contributed by atoms with Gasteiger partial charge in [0.05, 0.1) is 5.69 Å². The zero-order valence-electron chi connectivity index (χ0n) is 9.24. The monoisotopic (exact) mass is 210 g/mol. The van der Waals surface area contributed by atoms with Gasteiger partial charge in [-0.3, -0.25) is 4.98 Å². The standard InChI is InChI=1S/C11H18N2S/c1-8(2)14-10-5-6-11(13-7-10)9(3)12-4/h5-9,12H,1-4H3. The van der Waals surface area contributed by atoms with Crippen LogP contribution in [0.5, 0.6) is 0 Å². The summed E-state index contributed by atoms with van der Waals surface area (Å²) >= 11 is 1.84. The molecule has 1 atom stereocenters. The van der Waals surface area contributed by atoms with Crippen molar-refractivity contribution in [1.82, 2.24) is 10.3 Å². The van der Waals surface area contributed by atoms with E-state index in [0.29, 0.717) is 11.3 Å². The highest BCUT2D eigenvalue weighted by molar-refractivity contribution is 7.99. The van der Waals surface area contributed by atoms with E-state index < -0.39 is 0 Å². The molecule has 1 aromatic heterocycles. The summed E-state index contributed by atoms with van der Waals surface area (Å²) in [5.74, 6) is 0. The molecular weight excluding hydrogens is 192 g/mol. The van der Waals surface area contributed by atoms with Crippen LogP contribution in [0.25, 0.3) is 0 Å². The van der Waals surface area contributed by atoms with Gasteiger partial charge in [-0.2, -0.15) is 0 Å². The Kier molecular flexibility index (Phi) is 4.42. The van der Waals surface area contributed by atoms with Crippen molar-refractivity contribution < 1.29 is 0 Å². The third-order valence-corrected chi connectivity index (χ3v) is 2.99. The summed E-state index contributed by atoms with van der Waals surface area (Å²) in [5.41, 5.74) is 1.10. The summed E-state index contributed by atoms with van der Waals surface area (Å²) in [6.45, 7) is 6.49. The fourth-order valence-corrected chi connectivity index (χ4v) is 1.94. The summed E-state index contributed by atoms with van der Waals surface area (Å²) in [6, 6.07) is 4.56. The van der Waals surface area contributed by atoms with E-state index in [4.69, 9.17) is 0 Å². The molecule has 2 nitrogen and oxygen atoms in total. The van der Waals surface area contributed by atoms with E-state index in [2.05, 4.69) is 43.2 Å². The van der Waals surface area contributed by atoms with Crippen LogP contribution in [0.2, 0.25) is 0 Å². The number of hydrogen-bond acceptors (Lipinski definition) is 3. The van der Waals surface area contributed by atoms with Crippen LogP contribution in [0.4, 0.5) is 0 Å². The largest absolute Gasteiger partial charge is 0.312 e. The molecule has 78 valence electrons. The molecule has 14 heavy (non-hydrogen) atoms. The molecular formula is C11H18N2S. The molecule has 0 aliphatic rings. The highest BCUT2D eigenvalue weighted by Gasteiger charge is 2.04. The lowest BCUT2D eigenvalue weighted by molar-refractivity contribution is 0.631. The molecule has 0 bridgehead atoms. The van der Waals surface area contributed by atoms with Gasteiger partial charge in [0, 0.05) is 22.4 Å². The van der Waals surface area contributed by atoms with Gasteiger partial charge in [-0.05, 0) is 26.1 Å². The van der Waals surface area contributed by atoms with Crippen molar-refractivity contribution in [1.29, 1.82) is 0 Å². The molecule has 0 spiro atoms. The number of thioether (sulfide) groups is 1. The first-order valence-corrected chi connectivity index (χ1v) is 5.81. The van der Waals surface area contributed by atoms with Gasteiger partial charge in [0.2, 0.25) is 0 Å². The van der Waals surface area contributed by atoms with Crippen LogP contribution < -0.4 is 5.32 Å². The summed E-state index contributed by atoms with van der Waals surface area (Å²) in [6.07, 6.45) is 1.95. The highest BCUT2D eigenvalue weighted by Crippen LogP contribution is 2.22. The third kappa shape index (κ3) is 3.31. The Balaban J connectivity index is 2.68. The lowest BCUT2D eigenvalue weighted by atomic mass is 10.2. The van der Waals surface area contributed by atoms with Crippen LogP contribution in [0, 0.1) is 0 Å². The van der Waals surface area contributed by atoms with E-state index in [9.17, 15) is 0 Å². The molecule has 1 unspecified atom stereocenters. The van der Waals surface area contributed by atoms with Gasteiger partial charge in [0.15, 0.2) is 0 Å². The van der Waals surface area contributed by atoms with Crippen LogP contribution in [-0.4, -0.2) is 17.3 Å². The average Bonchev–Trinajstić information content (AvgIpc) is 2.17. The van der Waals surface area contributed by atoms with Crippen LogP contribution >= 0.6 is 11.8 Å². The average molecular weight is 210 g/mol. The first-order chi connectivity index (χ1) is 6.63. The predicted octanol–water partition coefficient (Wildman–Crippen LogP) is 2.86. The SMILES string of the molecule is CNC(C)c1ccc(SC(C)C)cn1. The summed E-state index contributed by atoms with van der Waals surface area (Å²) < 4.78 is 0. The molecule has 0 aliphatic heterocycles. The molecule has 0 aliphatic carbocycles. The first kappa shape index (κ1) is 11.5. The fraction of sp³-hybridized carbons (Fsp3) is 0.545. The van der Waals surface area contributed by atoms with Gasteiger partial charge < -0.3 is 5.32 Å². The van der Waals surface area contributed by atoms with Crippen LogP contribution in [0.15, 0.2) is 23.2 Å². The Morgan fingerprint density at radius 2 is 2.00 bits per heavy atom. The van der Waals surface area contributed by atoms with Gasteiger partial charge in [-0.15, -0.1) is 11.8 Å². The number of rotatable bonds is 4. The summed E-state index contributed by atoms with van der Waals surface area (Å²) in [4.78, 5) is 5.66. The molecule has 0 radical (unpaired) electrons. The van der Waals surface area contributed by atoms with E-state index in [0.717, 1.165) is 5.69 Å². The van der Waals surface area contributed by atoms with Crippen molar-refractivity contribution in [3.05, 3.63) is 24.0 Å². The zero-order valence-corrected chi connectivity index (χ0v) is 10.1. The second kappa shape index (κ2) is 5.37. The van der Waals surface area contributed by atoms with Crippen molar-refractivity contribution in [2.45, 2.75) is 37.0 Å². The van der Waals surface area contributed by atoms with Crippen molar-refractivity contribution in [3.8, 4) is 0 Å². The topological polar surface area (TPSA) is 24.9 Å². The van der Waals surface area contributed by atoms with Crippen LogP contribution in [0.1, 0.15) is 32.5 Å². The van der Waals surface area contributed by atoms with Gasteiger partial charge in [-0.1, -0.05) is 13.8 Å². The van der Waals surface area contributed by atoms with E-state index in [1.807, 2.05) is 25.0 Å². The minimum absolute atomic E-state index is 0.327. The third-order valence-electron chi connectivity index (χ3n) is 2.01. The van der Waals surface area contributed by atoms with Gasteiger partial charge >= 0.3 is 0 Å². The molecule has 1 rings (SSSR count). The van der Waals surface area contributed by atoms with Gasteiger partial charge in [0.25, 0.3) is 0 Å². The minimum atomic E-state index is 0.327. The second-order valence-corrected chi connectivity index (χ2v) is 5.25. The van der Waals surface area contributed by atoms with Crippen molar-refractivity contribution in [2.24, 2.45) is 0 Å². The first-order valence-electron chi connectivity index (χ1n) is 4.93. The van der Waals surface area contributed by atoms with Crippen molar-refractivity contribution >= 4 is 11.8 Å². The quantitative estimate of drug-likeness (QED) is 0.774. The number of nitrogens with zero attached hydrogens (tertiary/aromatic N) is 1. The molecule has 0 fully saturated rings. The van der Waals surface area contributed by atoms with Gasteiger partial charge in [0.1, 0.15) is 0 Å². The Labute approximate surface area is 90.5 Å². The van der Waals surface area contributed by atoms with E-state index in [-0.39, 0.29) is 0 Å². The summed E-state index contributed by atoms with van der Waals surface area (Å²) in [7, 11) is 1.95. The molecule has 1 heterocycles. The number of aromatic nitrogens is 1. The molecule has 3 heteroatoms. The molecule has 0 saturated heterocycles. The molecule has 1 aromatic rings. The molecule has 0 saturated carbocycles. The van der Waals surface area contributed by atoms with E-state index in [1.165, 1.54) is 4.90 Å². The maximum absolute atomic E-state index is 4.42. The number of pyridine rings is 1. The minimum Gasteiger partial charge on any atom is -0.312 e. The second-order valence-electron chi connectivity index (χ2n) is 3.60. The number of nitrogens with one attached hydrogen (secondary N) is 1. The maximum atomic E-state index is 4.42. The van der Waals surface area contributed by atoms with Crippen LogP contribution in [0.3, 0.4) is 0 Å². The van der Waals surface area contributed by atoms with Gasteiger partial charge in [-0.25, -0.2) is 0 Å². The Morgan fingerprint density at radius 3 is 2.43 bits per heavy atom.